The second-order valence-electron chi connectivity index (χ2n) is 9.75. The predicted molar refractivity (Wildman–Crippen MR) is 135 cm³/mol. The molecule has 36 heavy (non-hydrogen) atoms. The smallest absolute Gasteiger partial charge is 0.226 e. The molecule has 1 aliphatic heterocycles. The average molecular weight is 491 g/mol. The number of Topliss-reactive ketones (excluding diaryl/α,β-unsaturated/α-hetero) is 1. The van der Waals surface area contributed by atoms with E-state index < -0.39 is 6.04 Å². The number of allylic oxidation sites excluding steroid dienone is 2. The maximum Gasteiger partial charge on any atom is 0.226 e. The van der Waals surface area contributed by atoms with Crippen LogP contribution < -0.4 is 24.3 Å². The largest absolute Gasteiger partial charge is 0.497 e. The molecule has 1 unspecified atom stereocenters. The van der Waals surface area contributed by atoms with E-state index in [1.165, 1.54) is 0 Å². The number of anilines is 1. The fraction of sp³-hybridized carbons (Fsp3) is 0.370. The zero-order valence-corrected chi connectivity index (χ0v) is 21.3. The van der Waals surface area contributed by atoms with Gasteiger partial charge < -0.3 is 24.3 Å². The molecule has 3 aromatic rings. The van der Waals surface area contributed by atoms with Crippen molar-refractivity contribution in [2.24, 2.45) is 5.41 Å². The van der Waals surface area contributed by atoms with Crippen LogP contribution in [0.2, 0.25) is 0 Å². The molecule has 0 bridgehead atoms. The molecule has 0 radical (unpaired) electrons. The van der Waals surface area contributed by atoms with Gasteiger partial charge in [0, 0.05) is 23.3 Å². The van der Waals surface area contributed by atoms with Gasteiger partial charge in [0.2, 0.25) is 11.7 Å². The number of benzene rings is 2. The van der Waals surface area contributed by atoms with Gasteiger partial charge in [0.05, 0.1) is 28.4 Å². The van der Waals surface area contributed by atoms with E-state index in [-0.39, 0.29) is 11.2 Å². The Morgan fingerprint density at radius 3 is 2.33 bits per heavy atom. The molecule has 0 amide bonds. The normalized spacial score (nSPS) is 18.2. The van der Waals surface area contributed by atoms with E-state index in [2.05, 4.69) is 19.2 Å². The first-order valence-corrected chi connectivity index (χ1v) is 11.7. The van der Waals surface area contributed by atoms with Crippen molar-refractivity contribution in [3.8, 4) is 34.4 Å². The molecule has 188 valence electrons. The van der Waals surface area contributed by atoms with Gasteiger partial charge in [0.1, 0.15) is 11.8 Å². The number of nitrogens with zero attached hydrogens (tertiary/aromatic N) is 3. The Kier molecular flexibility index (Phi) is 5.86. The van der Waals surface area contributed by atoms with Crippen molar-refractivity contribution in [3.63, 3.8) is 0 Å². The van der Waals surface area contributed by atoms with Crippen molar-refractivity contribution in [1.82, 2.24) is 14.8 Å². The van der Waals surface area contributed by atoms with Gasteiger partial charge in [-0.2, -0.15) is 4.98 Å². The Balaban J connectivity index is 1.72. The molecular formula is C27H30N4O5. The molecule has 0 saturated heterocycles. The Bertz CT molecular complexity index is 1350. The fourth-order valence-corrected chi connectivity index (χ4v) is 5.06. The minimum Gasteiger partial charge on any atom is -0.497 e. The Labute approximate surface area is 210 Å². The average Bonchev–Trinajstić information content (AvgIpc) is 3.29. The standard InChI is InChI=1S/C27H30N4O5/c1-27(2)13-18-22(19(32)14-27)23(16-11-20(34-4)24(36-6)21(12-16)35-5)31-26(28-18)29-25(30-31)15-8-7-9-17(10-15)33-3/h7-12,23H,13-14H2,1-6H3,(H,28,29,30). The molecule has 0 fully saturated rings. The monoisotopic (exact) mass is 490 g/mol. The maximum atomic E-state index is 13.6. The number of carbonyl (C=O) groups is 1. The minimum atomic E-state index is -0.514. The first kappa shape index (κ1) is 23.7. The van der Waals surface area contributed by atoms with E-state index in [0.29, 0.717) is 46.8 Å². The van der Waals surface area contributed by atoms with Gasteiger partial charge in [-0.25, -0.2) is 4.68 Å². The lowest BCUT2D eigenvalue weighted by Crippen LogP contribution is -2.36. The summed E-state index contributed by atoms with van der Waals surface area (Å²) in [6, 6.07) is 10.8. The molecule has 1 aromatic heterocycles. The van der Waals surface area contributed by atoms with Crippen molar-refractivity contribution in [2.45, 2.75) is 32.7 Å². The summed E-state index contributed by atoms with van der Waals surface area (Å²) in [7, 11) is 6.33. The first-order valence-electron chi connectivity index (χ1n) is 11.7. The zero-order chi connectivity index (χ0) is 25.6. The predicted octanol–water partition coefficient (Wildman–Crippen LogP) is 4.64. The molecule has 9 heteroatoms. The lowest BCUT2D eigenvalue weighted by molar-refractivity contribution is -0.118. The van der Waals surface area contributed by atoms with Crippen LogP contribution in [0.3, 0.4) is 0 Å². The van der Waals surface area contributed by atoms with Crippen LogP contribution in [0, 0.1) is 5.41 Å². The summed E-state index contributed by atoms with van der Waals surface area (Å²) in [6.07, 6.45) is 1.16. The number of methoxy groups -OCH3 is 4. The van der Waals surface area contributed by atoms with Crippen LogP contribution in [0.15, 0.2) is 47.7 Å². The summed E-state index contributed by atoms with van der Waals surface area (Å²) in [5.41, 5.74) is 2.98. The van der Waals surface area contributed by atoms with Crippen LogP contribution in [0.25, 0.3) is 11.4 Å². The third-order valence-corrected chi connectivity index (χ3v) is 6.66. The van der Waals surface area contributed by atoms with E-state index in [9.17, 15) is 4.79 Å². The molecule has 0 spiro atoms. The third kappa shape index (κ3) is 3.94. The van der Waals surface area contributed by atoms with Crippen LogP contribution in [0.1, 0.15) is 38.3 Å². The van der Waals surface area contributed by atoms with Gasteiger partial charge in [-0.1, -0.05) is 26.0 Å². The molecule has 2 aromatic carbocycles. The van der Waals surface area contributed by atoms with E-state index in [1.54, 1.807) is 33.1 Å². The second kappa shape index (κ2) is 8.89. The van der Waals surface area contributed by atoms with Crippen LogP contribution in [0.4, 0.5) is 5.95 Å². The van der Waals surface area contributed by atoms with Crippen molar-refractivity contribution >= 4 is 11.7 Å². The number of aromatic nitrogens is 3. The molecule has 1 atom stereocenters. The first-order chi connectivity index (χ1) is 17.3. The summed E-state index contributed by atoms with van der Waals surface area (Å²) in [5, 5.41) is 8.27. The molecule has 2 aliphatic rings. The molecular weight excluding hydrogens is 460 g/mol. The van der Waals surface area contributed by atoms with Crippen molar-refractivity contribution in [1.29, 1.82) is 0 Å². The van der Waals surface area contributed by atoms with Gasteiger partial charge in [-0.05, 0) is 41.7 Å². The van der Waals surface area contributed by atoms with Gasteiger partial charge >= 0.3 is 0 Å². The highest BCUT2D eigenvalue weighted by molar-refractivity contribution is 6.00. The number of carbonyl (C=O) groups excluding carboxylic acids is 1. The molecule has 5 rings (SSSR count). The fourth-order valence-electron chi connectivity index (χ4n) is 5.06. The quantitative estimate of drug-likeness (QED) is 0.534. The zero-order valence-electron chi connectivity index (χ0n) is 21.3. The van der Waals surface area contributed by atoms with Crippen LogP contribution in [-0.2, 0) is 4.79 Å². The van der Waals surface area contributed by atoms with E-state index in [1.807, 2.05) is 36.4 Å². The number of ketones is 1. The Hall–Kier alpha value is -4.01. The second-order valence-corrected chi connectivity index (χ2v) is 9.75. The van der Waals surface area contributed by atoms with E-state index >= 15 is 0 Å². The number of hydrogen-bond donors (Lipinski definition) is 1. The summed E-state index contributed by atoms with van der Waals surface area (Å²) in [5.74, 6) is 3.38. The van der Waals surface area contributed by atoms with Gasteiger partial charge in [-0.3, -0.25) is 4.79 Å². The Morgan fingerprint density at radius 1 is 0.972 bits per heavy atom. The highest BCUT2D eigenvalue weighted by Gasteiger charge is 2.42. The van der Waals surface area contributed by atoms with Crippen molar-refractivity contribution < 1.29 is 23.7 Å². The number of hydrogen-bond acceptors (Lipinski definition) is 8. The number of nitrogens with one attached hydrogen (secondary N) is 1. The lowest BCUT2D eigenvalue weighted by atomic mass is 9.73. The maximum absolute atomic E-state index is 13.6. The number of ether oxygens (including phenoxy) is 4. The van der Waals surface area contributed by atoms with E-state index in [0.717, 1.165) is 23.2 Å². The summed E-state index contributed by atoms with van der Waals surface area (Å²) >= 11 is 0. The van der Waals surface area contributed by atoms with Crippen molar-refractivity contribution in [3.05, 3.63) is 53.2 Å². The highest BCUT2D eigenvalue weighted by atomic mass is 16.5. The number of rotatable bonds is 6. The van der Waals surface area contributed by atoms with Crippen LogP contribution in [-0.4, -0.2) is 49.0 Å². The van der Waals surface area contributed by atoms with Crippen LogP contribution in [0.5, 0.6) is 23.0 Å². The topological polar surface area (TPSA) is 96.7 Å². The lowest BCUT2D eigenvalue weighted by Gasteiger charge is -2.38. The number of fused-ring (bicyclic) bond motifs is 1. The summed E-state index contributed by atoms with van der Waals surface area (Å²) in [6.45, 7) is 4.21. The molecule has 1 N–H and O–H groups in total. The van der Waals surface area contributed by atoms with Crippen LogP contribution >= 0.6 is 0 Å². The van der Waals surface area contributed by atoms with Gasteiger partial charge in [0.25, 0.3) is 0 Å². The van der Waals surface area contributed by atoms with Crippen molar-refractivity contribution in [2.75, 3.05) is 33.8 Å². The van der Waals surface area contributed by atoms with Gasteiger partial charge in [-0.15, -0.1) is 5.10 Å². The summed E-state index contributed by atoms with van der Waals surface area (Å²) in [4.78, 5) is 18.4. The van der Waals surface area contributed by atoms with E-state index in [4.69, 9.17) is 29.0 Å². The van der Waals surface area contributed by atoms with Gasteiger partial charge in [0.15, 0.2) is 23.1 Å². The third-order valence-electron chi connectivity index (χ3n) is 6.66. The summed E-state index contributed by atoms with van der Waals surface area (Å²) < 4.78 is 23.9. The molecule has 2 heterocycles. The highest BCUT2D eigenvalue weighted by Crippen LogP contribution is 2.48. The molecule has 1 aliphatic carbocycles. The molecule has 9 nitrogen and oxygen atoms in total. The Morgan fingerprint density at radius 2 is 1.69 bits per heavy atom. The SMILES string of the molecule is COc1cccc(-c2nc3n(n2)C(c2cc(OC)c(OC)c(OC)c2)C2=C(CC(C)(C)CC2=O)N3)c1. The minimum absolute atomic E-state index is 0.0802. The molecule has 0 saturated carbocycles.